The van der Waals surface area contributed by atoms with E-state index in [0.717, 1.165) is 12.8 Å². The van der Waals surface area contributed by atoms with E-state index in [1.165, 1.54) is 10.9 Å². The molecule has 0 unspecified atom stereocenters. The molecule has 20 heavy (non-hydrogen) atoms. The van der Waals surface area contributed by atoms with Crippen LogP contribution in [0.15, 0.2) is 11.0 Å². The molecule has 114 valence electrons. The summed E-state index contributed by atoms with van der Waals surface area (Å²) in [7, 11) is 0. The smallest absolute Gasteiger partial charge is 0.287 e. The molecule has 0 fully saturated rings. The number of rotatable bonds is 8. The fraction of sp³-hybridized carbons (Fsp3) is 0.667. The summed E-state index contributed by atoms with van der Waals surface area (Å²) < 4.78 is 1.26. The predicted octanol–water partition coefficient (Wildman–Crippen LogP) is -0.176. The molecule has 0 amide bonds. The Hall–Kier alpha value is -1.15. The first-order valence-corrected chi connectivity index (χ1v) is 6.77. The number of nitrogens with one attached hydrogen (secondary N) is 1. The summed E-state index contributed by atoms with van der Waals surface area (Å²) in [5, 5.41) is 34.3. The maximum atomic E-state index is 12.0. The van der Waals surface area contributed by atoms with Crippen LogP contribution in [0.1, 0.15) is 19.8 Å². The van der Waals surface area contributed by atoms with E-state index in [1.54, 1.807) is 0 Å². The first-order chi connectivity index (χ1) is 9.53. The number of unbranched alkanes of at least 4 members (excludes halogenated alkanes) is 1. The SMILES string of the molecule is CCCCn1ncc(NC(CO)(CO)CO)c(Cl)c1=O. The van der Waals surface area contributed by atoms with E-state index < -0.39 is 30.9 Å². The Morgan fingerprint density at radius 1 is 1.35 bits per heavy atom. The molecule has 1 heterocycles. The minimum Gasteiger partial charge on any atom is -0.394 e. The van der Waals surface area contributed by atoms with Gasteiger partial charge in [0.25, 0.3) is 5.56 Å². The minimum atomic E-state index is -1.35. The van der Waals surface area contributed by atoms with E-state index in [1.807, 2.05) is 6.92 Å². The number of hydrogen-bond donors (Lipinski definition) is 4. The minimum absolute atomic E-state index is 0.0872. The largest absolute Gasteiger partial charge is 0.394 e. The number of aryl methyl sites for hydroxylation is 1. The van der Waals surface area contributed by atoms with Gasteiger partial charge in [-0.05, 0) is 6.42 Å². The van der Waals surface area contributed by atoms with Crippen LogP contribution in [0.5, 0.6) is 0 Å². The molecule has 0 aliphatic rings. The van der Waals surface area contributed by atoms with Crippen LogP contribution in [-0.4, -0.2) is 50.5 Å². The Bertz CT molecular complexity index is 480. The van der Waals surface area contributed by atoms with Crippen LogP contribution in [0, 0.1) is 0 Å². The van der Waals surface area contributed by atoms with Crippen LogP contribution in [-0.2, 0) is 6.54 Å². The molecule has 7 nitrogen and oxygen atoms in total. The summed E-state index contributed by atoms with van der Waals surface area (Å²) in [6.45, 7) is 0.918. The molecule has 0 radical (unpaired) electrons. The van der Waals surface area contributed by atoms with E-state index in [9.17, 15) is 20.1 Å². The van der Waals surface area contributed by atoms with Gasteiger partial charge in [-0.3, -0.25) is 4.79 Å². The summed E-state index contributed by atoms with van der Waals surface area (Å²) in [5.41, 5.74) is -1.64. The summed E-state index contributed by atoms with van der Waals surface area (Å²) in [6, 6.07) is 0. The van der Waals surface area contributed by atoms with Gasteiger partial charge in [-0.2, -0.15) is 5.10 Å². The van der Waals surface area contributed by atoms with Crippen molar-refractivity contribution in [1.29, 1.82) is 0 Å². The van der Waals surface area contributed by atoms with E-state index in [0.29, 0.717) is 6.54 Å². The highest BCUT2D eigenvalue weighted by atomic mass is 35.5. The van der Waals surface area contributed by atoms with Gasteiger partial charge in [0.05, 0.1) is 31.7 Å². The summed E-state index contributed by atoms with van der Waals surface area (Å²) in [4.78, 5) is 12.0. The average molecular weight is 306 g/mol. The van der Waals surface area contributed by atoms with Crippen molar-refractivity contribution in [2.75, 3.05) is 25.1 Å². The Morgan fingerprint density at radius 2 is 1.95 bits per heavy atom. The number of halogens is 1. The number of nitrogens with zero attached hydrogens (tertiary/aromatic N) is 2. The maximum absolute atomic E-state index is 12.0. The predicted molar refractivity (Wildman–Crippen MR) is 76.0 cm³/mol. The van der Waals surface area contributed by atoms with Crippen molar-refractivity contribution in [2.24, 2.45) is 0 Å². The summed E-state index contributed by atoms with van der Waals surface area (Å²) in [6.07, 6.45) is 3.08. The van der Waals surface area contributed by atoms with Gasteiger partial charge in [0.1, 0.15) is 10.6 Å². The molecule has 0 aliphatic heterocycles. The van der Waals surface area contributed by atoms with E-state index in [-0.39, 0.29) is 10.7 Å². The van der Waals surface area contributed by atoms with Crippen LogP contribution in [0.25, 0.3) is 0 Å². The molecule has 1 rings (SSSR count). The summed E-state index contributed by atoms with van der Waals surface area (Å²) in [5.74, 6) is 0. The van der Waals surface area contributed by atoms with Crippen LogP contribution in [0.4, 0.5) is 5.69 Å². The zero-order valence-electron chi connectivity index (χ0n) is 11.3. The topological polar surface area (TPSA) is 108 Å². The van der Waals surface area contributed by atoms with Crippen molar-refractivity contribution >= 4 is 17.3 Å². The zero-order valence-corrected chi connectivity index (χ0v) is 12.1. The Morgan fingerprint density at radius 3 is 2.45 bits per heavy atom. The van der Waals surface area contributed by atoms with Crippen LogP contribution < -0.4 is 10.9 Å². The normalized spacial score (nSPS) is 11.7. The lowest BCUT2D eigenvalue weighted by molar-refractivity contribution is 0.0833. The number of anilines is 1. The standard InChI is InChI=1S/C12H20ClN3O4/c1-2-3-4-16-11(20)10(13)9(5-14-16)15-12(6-17,7-18)8-19/h5,15,17-19H,2-4,6-8H2,1H3. The first kappa shape index (κ1) is 16.9. The van der Waals surface area contributed by atoms with Crippen LogP contribution in [0.3, 0.4) is 0 Å². The van der Waals surface area contributed by atoms with Gasteiger partial charge >= 0.3 is 0 Å². The van der Waals surface area contributed by atoms with E-state index in [4.69, 9.17) is 11.6 Å². The van der Waals surface area contributed by atoms with Gasteiger partial charge in [-0.1, -0.05) is 24.9 Å². The van der Waals surface area contributed by atoms with Crippen molar-refractivity contribution in [1.82, 2.24) is 9.78 Å². The highest BCUT2D eigenvalue weighted by Gasteiger charge is 2.29. The molecular formula is C12H20ClN3O4. The summed E-state index contributed by atoms with van der Waals surface area (Å²) >= 11 is 5.97. The van der Waals surface area contributed by atoms with Crippen LogP contribution >= 0.6 is 11.6 Å². The maximum Gasteiger partial charge on any atom is 0.287 e. The van der Waals surface area contributed by atoms with E-state index >= 15 is 0 Å². The number of aromatic nitrogens is 2. The lowest BCUT2D eigenvalue weighted by atomic mass is 10.0. The molecule has 4 N–H and O–H groups in total. The van der Waals surface area contributed by atoms with Crippen LogP contribution in [0.2, 0.25) is 5.02 Å². The van der Waals surface area contributed by atoms with Gasteiger partial charge in [-0.15, -0.1) is 0 Å². The van der Waals surface area contributed by atoms with Crippen molar-refractivity contribution in [3.8, 4) is 0 Å². The monoisotopic (exact) mass is 305 g/mol. The third kappa shape index (κ3) is 3.69. The molecule has 0 aromatic carbocycles. The number of hydrogen-bond acceptors (Lipinski definition) is 6. The molecule has 0 atom stereocenters. The van der Waals surface area contributed by atoms with Gasteiger partial charge in [0.2, 0.25) is 0 Å². The molecule has 1 aromatic heterocycles. The zero-order chi connectivity index (χ0) is 15.2. The fourth-order valence-corrected chi connectivity index (χ4v) is 1.77. The molecule has 0 saturated carbocycles. The molecule has 0 bridgehead atoms. The third-order valence-corrected chi connectivity index (χ3v) is 3.38. The van der Waals surface area contributed by atoms with Crippen molar-refractivity contribution in [2.45, 2.75) is 31.8 Å². The van der Waals surface area contributed by atoms with Gasteiger partial charge in [0, 0.05) is 6.54 Å². The second-order valence-electron chi connectivity index (χ2n) is 4.63. The Kier molecular flexibility index (Phi) is 6.41. The Labute approximate surface area is 121 Å². The van der Waals surface area contributed by atoms with Gasteiger partial charge in [-0.25, -0.2) is 4.68 Å². The molecule has 0 aliphatic carbocycles. The first-order valence-electron chi connectivity index (χ1n) is 6.40. The quantitative estimate of drug-likeness (QED) is 0.531. The third-order valence-electron chi connectivity index (χ3n) is 3.02. The molecular weight excluding hydrogens is 286 g/mol. The molecule has 0 saturated heterocycles. The highest BCUT2D eigenvalue weighted by molar-refractivity contribution is 6.32. The van der Waals surface area contributed by atoms with Gasteiger partial charge in [0.15, 0.2) is 0 Å². The lowest BCUT2D eigenvalue weighted by Gasteiger charge is -2.30. The lowest BCUT2D eigenvalue weighted by Crippen LogP contribution is -2.49. The van der Waals surface area contributed by atoms with E-state index in [2.05, 4.69) is 10.4 Å². The highest BCUT2D eigenvalue weighted by Crippen LogP contribution is 2.20. The molecule has 8 heteroatoms. The fourth-order valence-electron chi connectivity index (χ4n) is 1.57. The second kappa shape index (κ2) is 7.58. The Balaban J connectivity index is 3.03. The van der Waals surface area contributed by atoms with Crippen molar-refractivity contribution in [3.05, 3.63) is 21.6 Å². The number of aliphatic hydroxyl groups excluding tert-OH is 3. The van der Waals surface area contributed by atoms with Crippen molar-refractivity contribution in [3.63, 3.8) is 0 Å². The van der Waals surface area contributed by atoms with Gasteiger partial charge < -0.3 is 20.6 Å². The average Bonchev–Trinajstić information content (AvgIpc) is 2.48. The van der Waals surface area contributed by atoms with Crippen molar-refractivity contribution < 1.29 is 15.3 Å². The number of aliphatic hydroxyl groups is 3. The molecule has 0 spiro atoms. The second-order valence-corrected chi connectivity index (χ2v) is 5.01. The molecule has 1 aromatic rings.